The van der Waals surface area contributed by atoms with Gasteiger partial charge in [0.05, 0.1) is 12.6 Å². The Morgan fingerprint density at radius 3 is 2.43 bits per heavy atom. The molecule has 3 N–H and O–H groups in total. The van der Waals surface area contributed by atoms with E-state index in [4.69, 9.17) is 9.52 Å². The molecule has 0 saturated heterocycles. The summed E-state index contributed by atoms with van der Waals surface area (Å²) < 4.78 is 5.68. The van der Waals surface area contributed by atoms with Crippen LogP contribution in [0.2, 0.25) is 0 Å². The molecule has 0 aliphatic heterocycles. The molecule has 0 fully saturated rings. The Hall–Kier alpha value is -2.11. The second kappa shape index (κ2) is 6.56. The van der Waals surface area contributed by atoms with Gasteiger partial charge in [-0.2, -0.15) is 0 Å². The largest absolute Gasteiger partial charge is 0.480 e. The van der Waals surface area contributed by atoms with Crippen LogP contribution in [0, 0.1) is 0 Å². The zero-order valence-electron chi connectivity index (χ0n) is 12.0. The predicted molar refractivity (Wildman–Crippen MR) is 78.7 cm³/mol. The summed E-state index contributed by atoms with van der Waals surface area (Å²) >= 11 is 0. The summed E-state index contributed by atoms with van der Waals surface area (Å²) in [6, 6.07) is 10.5. The number of furan rings is 1. The molecule has 2 atom stereocenters. The van der Waals surface area contributed by atoms with Gasteiger partial charge in [0.1, 0.15) is 17.6 Å². The molecular formula is C16H19NO4. The monoisotopic (exact) mass is 289 g/mol. The van der Waals surface area contributed by atoms with Crippen molar-refractivity contribution in [3.05, 3.63) is 47.7 Å². The van der Waals surface area contributed by atoms with E-state index in [2.05, 4.69) is 5.32 Å². The van der Waals surface area contributed by atoms with Crippen LogP contribution in [0.15, 0.2) is 40.8 Å². The molecule has 0 bridgehead atoms. The molecule has 2 aromatic rings. The van der Waals surface area contributed by atoms with Gasteiger partial charge in [-0.25, -0.2) is 0 Å². The first-order valence-electron chi connectivity index (χ1n) is 6.80. The normalized spacial score (nSPS) is 13.9. The highest BCUT2D eigenvalue weighted by atomic mass is 16.4. The van der Waals surface area contributed by atoms with Gasteiger partial charge in [-0.15, -0.1) is 0 Å². The number of carboxylic acid groups (broad SMARTS) is 1. The quantitative estimate of drug-likeness (QED) is 0.761. The van der Waals surface area contributed by atoms with Crippen molar-refractivity contribution in [2.75, 3.05) is 0 Å². The van der Waals surface area contributed by atoms with Crippen molar-refractivity contribution in [1.82, 2.24) is 5.32 Å². The molecule has 2 rings (SSSR count). The fraction of sp³-hybridized carbons (Fsp3) is 0.312. The van der Waals surface area contributed by atoms with E-state index < -0.39 is 18.1 Å². The SMILES string of the molecule is C[C@H](NCc1ccc(-c2ccc([C@H](C)O)cc2)o1)C(=O)O. The van der Waals surface area contributed by atoms with Gasteiger partial charge in [0.15, 0.2) is 0 Å². The van der Waals surface area contributed by atoms with Crippen molar-refractivity contribution in [3.63, 3.8) is 0 Å². The van der Waals surface area contributed by atoms with Crippen LogP contribution in [-0.4, -0.2) is 22.2 Å². The third kappa shape index (κ3) is 3.93. The lowest BCUT2D eigenvalue weighted by atomic mass is 10.1. The molecule has 1 aromatic heterocycles. The number of carbonyl (C=O) groups is 1. The number of hydrogen-bond donors (Lipinski definition) is 3. The maximum absolute atomic E-state index is 10.7. The first-order chi connectivity index (χ1) is 9.97. The van der Waals surface area contributed by atoms with Crippen molar-refractivity contribution in [2.24, 2.45) is 0 Å². The summed E-state index contributed by atoms with van der Waals surface area (Å²) in [6.45, 7) is 3.66. The van der Waals surface area contributed by atoms with Gasteiger partial charge >= 0.3 is 5.97 Å². The number of nitrogens with one attached hydrogen (secondary N) is 1. The Kier molecular flexibility index (Phi) is 4.77. The van der Waals surface area contributed by atoms with E-state index in [1.807, 2.05) is 36.4 Å². The number of aliphatic hydroxyl groups excluding tert-OH is 1. The minimum atomic E-state index is -0.893. The van der Waals surface area contributed by atoms with Crippen LogP contribution in [0.5, 0.6) is 0 Å². The van der Waals surface area contributed by atoms with Crippen molar-refractivity contribution in [1.29, 1.82) is 0 Å². The fourth-order valence-electron chi connectivity index (χ4n) is 1.89. The third-order valence-electron chi connectivity index (χ3n) is 3.29. The average Bonchev–Trinajstić information content (AvgIpc) is 2.93. The number of carboxylic acids is 1. The molecule has 1 aromatic carbocycles. The molecular weight excluding hydrogens is 270 g/mol. The second-order valence-electron chi connectivity index (χ2n) is 5.00. The van der Waals surface area contributed by atoms with E-state index in [1.54, 1.807) is 13.8 Å². The van der Waals surface area contributed by atoms with Crippen LogP contribution in [0.1, 0.15) is 31.3 Å². The van der Waals surface area contributed by atoms with Crippen molar-refractivity contribution < 1.29 is 19.4 Å². The average molecular weight is 289 g/mol. The predicted octanol–water partition coefficient (Wildman–Crippen LogP) is 2.56. The van der Waals surface area contributed by atoms with Gasteiger partial charge < -0.3 is 14.6 Å². The lowest BCUT2D eigenvalue weighted by Crippen LogP contribution is -2.32. The Morgan fingerprint density at radius 2 is 1.86 bits per heavy atom. The highest BCUT2D eigenvalue weighted by Crippen LogP contribution is 2.24. The fourth-order valence-corrected chi connectivity index (χ4v) is 1.89. The first-order valence-corrected chi connectivity index (χ1v) is 6.80. The van der Waals surface area contributed by atoms with Gasteiger partial charge in [0.2, 0.25) is 0 Å². The van der Waals surface area contributed by atoms with Gasteiger partial charge in [-0.05, 0) is 31.5 Å². The van der Waals surface area contributed by atoms with Crippen molar-refractivity contribution in [3.8, 4) is 11.3 Å². The van der Waals surface area contributed by atoms with Crippen LogP contribution in [0.4, 0.5) is 0 Å². The zero-order valence-corrected chi connectivity index (χ0v) is 12.0. The Labute approximate surface area is 123 Å². The molecule has 1 heterocycles. The molecule has 0 spiro atoms. The van der Waals surface area contributed by atoms with Crippen LogP contribution in [-0.2, 0) is 11.3 Å². The van der Waals surface area contributed by atoms with Crippen molar-refractivity contribution >= 4 is 5.97 Å². The molecule has 0 amide bonds. The Bertz CT molecular complexity index is 601. The number of aliphatic carboxylic acids is 1. The maximum Gasteiger partial charge on any atom is 0.320 e. The van der Waals surface area contributed by atoms with E-state index >= 15 is 0 Å². The van der Waals surface area contributed by atoms with Gasteiger partial charge in [0, 0.05) is 5.56 Å². The Balaban J connectivity index is 2.04. The number of rotatable bonds is 6. The van der Waals surface area contributed by atoms with Crippen LogP contribution < -0.4 is 5.32 Å². The minimum absolute atomic E-state index is 0.360. The Morgan fingerprint density at radius 1 is 1.19 bits per heavy atom. The maximum atomic E-state index is 10.7. The lowest BCUT2D eigenvalue weighted by Gasteiger charge is -2.07. The van der Waals surface area contributed by atoms with Crippen molar-refractivity contribution in [2.45, 2.75) is 32.5 Å². The second-order valence-corrected chi connectivity index (χ2v) is 5.00. The van der Waals surface area contributed by atoms with E-state index in [9.17, 15) is 9.90 Å². The molecule has 5 heteroatoms. The summed E-state index contributed by atoms with van der Waals surface area (Å²) in [5, 5.41) is 21.1. The number of aliphatic hydroxyl groups is 1. The van der Waals surface area contributed by atoms with Gasteiger partial charge in [-0.1, -0.05) is 24.3 Å². The zero-order chi connectivity index (χ0) is 15.4. The molecule has 5 nitrogen and oxygen atoms in total. The number of benzene rings is 1. The molecule has 21 heavy (non-hydrogen) atoms. The van der Waals surface area contributed by atoms with E-state index in [0.29, 0.717) is 18.1 Å². The summed E-state index contributed by atoms with van der Waals surface area (Å²) in [5.41, 5.74) is 1.76. The minimum Gasteiger partial charge on any atom is -0.480 e. The lowest BCUT2D eigenvalue weighted by molar-refractivity contribution is -0.139. The van der Waals surface area contributed by atoms with E-state index in [0.717, 1.165) is 11.1 Å². The van der Waals surface area contributed by atoms with Crippen LogP contribution in [0.25, 0.3) is 11.3 Å². The van der Waals surface area contributed by atoms with Gasteiger partial charge in [0.25, 0.3) is 0 Å². The molecule has 0 aliphatic rings. The smallest absolute Gasteiger partial charge is 0.320 e. The summed E-state index contributed by atoms with van der Waals surface area (Å²) in [6.07, 6.45) is -0.493. The standard InChI is InChI=1S/C16H19NO4/c1-10(16(19)20)17-9-14-7-8-15(21-14)13-5-3-12(4-6-13)11(2)18/h3-8,10-11,17-18H,9H2,1-2H3,(H,19,20)/t10-,11-/m0/s1. The summed E-state index contributed by atoms with van der Waals surface area (Å²) in [4.78, 5) is 10.7. The molecule has 0 radical (unpaired) electrons. The van der Waals surface area contributed by atoms with E-state index in [-0.39, 0.29) is 0 Å². The highest BCUT2D eigenvalue weighted by Gasteiger charge is 2.11. The summed E-state index contributed by atoms with van der Waals surface area (Å²) in [7, 11) is 0. The topological polar surface area (TPSA) is 82.7 Å². The van der Waals surface area contributed by atoms with Crippen LogP contribution >= 0.6 is 0 Å². The molecule has 0 unspecified atom stereocenters. The number of hydrogen-bond acceptors (Lipinski definition) is 4. The summed E-state index contributed by atoms with van der Waals surface area (Å²) in [5.74, 6) is 0.500. The molecule has 112 valence electrons. The molecule has 0 saturated carbocycles. The van der Waals surface area contributed by atoms with E-state index in [1.165, 1.54) is 0 Å². The molecule has 0 aliphatic carbocycles. The first kappa shape index (κ1) is 15.3. The third-order valence-corrected chi connectivity index (χ3v) is 3.29. The highest BCUT2D eigenvalue weighted by molar-refractivity contribution is 5.72. The van der Waals surface area contributed by atoms with Crippen LogP contribution in [0.3, 0.4) is 0 Å². The van der Waals surface area contributed by atoms with Gasteiger partial charge in [-0.3, -0.25) is 10.1 Å².